The Kier molecular flexibility index (Phi) is 3.19. The molecule has 9 heteroatoms. The fraction of sp³-hybridized carbons (Fsp3) is 0.643. The van der Waals surface area contributed by atoms with Crippen LogP contribution in [-0.2, 0) is 19.0 Å². The van der Waals surface area contributed by atoms with Gasteiger partial charge in [-0.25, -0.2) is 9.59 Å². The van der Waals surface area contributed by atoms with E-state index in [9.17, 15) is 19.5 Å². The SMILES string of the molecule is O=C(O)[C@H]1O[C@@H](n2ccc(=O)[nH]c2=O)[C@@H]2OC3(CCCC3)O[C@@H]21. The van der Waals surface area contributed by atoms with Crippen molar-refractivity contribution >= 4 is 5.97 Å². The molecule has 23 heavy (non-hydrogen) atoms. The molecule has 124 valence electrons. The highest BCUT2D eigenvalue weighted by atomic mass is 16.8. The summed E-state index contributed by atoms with van der Waals surface area (Å²) in [6.45, 7) is 0. The number of nitrogens with zero attached hydrogens (tertiary/aromatic N) is 1. The number of hydrogen-bond acceptors (Lipinski definition) is 6. The van der Waals surface area contributed by atoms with E-state index in [0.29, 0.717) is 12.8 Å². The first-order valence-corrected chi connectivity index (χ1v) is 7.54. The topological polar surface area (TPSA) is 120 Å². The zero-order chi connectivity index (χ0) is 16.2. The van der Waals surface area contributed by atoms with Gasteiger partial charge in [-0.15, -0.1) is 0 Å². The molecule has 3 heterocycles. The maximum atomic E-state index is 12.0. The molecular formula is C14H16N2O7. The van der Waals surface area contributed by atoms with Gasteiger partial charge in [0.05, 0.1) is 0 Å². The van der Waals surface area contributed by atoms with Gasteiger partial charge in [-0.05, 0) is 12.8 Å². The molecule has 1 saturated carbocycles. The molecule has 2 aliphatic heterocycles. The van der Waals surface area contributed by atoms with Gasteiger partial charge in [0.1, 0.15) is 12.2 Å². The van der Waals surface area contributed by atoms with Gasteiger partial charge < -0.3 is 19.3 Å². The van der Waals surface area contributed by atoms with E-state index in [1.165, 1.54) is 12.3 Å². The van der Waals surface area contributed by atoms with Crippen LogP contribution in [0.1, 0.15) is 31.9 Å². The molecule has 9 nitrogen and oxygen atoms in total. The summed E-state index contributed by atoms with van der Waals surface area (Å²) in [7, 11) is 0. The highest BCUT2D eigenvalue weighted by Gasteiger charge is 2.61. The van der Waals surface area contributed by atoms with Gasteiger partial charge in [-0.1, -0.05) is 0 Å². The summed E-state index contributed by atoms with van der Waals surface area (Å²) in [6, 6.07) is 1.18. The molecule has 2 N–H and O–H groups in total. The van der Waals surface area contributed by atoms with Crippen LogP contribution >= 0.6 is 0 Å². The molecule has 1 aromatic rings. The van der Waals surface area contributed by atoms with Crippen molar-refractivity contribution in [2.45, 2.75) is 56.0 Å². The lowest BCUT2D eigenvalue weighted by atomic mass is 10.1. The Labute approximate surface area is 129 Å². The minimum atomic E-state index is -1.22. The highest BCUT2D eigenvalue weighted by Crippen LogP contribution is 2.49. The monoisotopic (exact) mass is 324 g/mol. The summed E-state index contributed by atoms with van der Waals surface area (Å²) in [5.41, 5.74) is -1.21. The van der Waals surface area contributed by atoms with Crippen molar-refractivity contribution in [2.75, 3.05) is 0 Å². The molecule has 0 bridgehead atoms. The van der Waals surface area contributed by atoms with Crippen LogP contribution < -0.4 is 11.2 Å². The van der Waals surface area contributed by atoms with E-state index in [4.69, 9.17) is 14.2 Å². The molecule has 0 radical (unpaired) electrons. The van der Waals surface area contributed by atoms with Gasteiger partial charge in [-0.3, -0.25) is 14.3 Å². The maximum Gasteiger partial charge on any atom is 0.335 e. The number of carboxylic acid groups (broad SMARTS) is 1. The number of aromatic nitrogens is 2. The molecule has 3 aliphatic rings. The normalized spacial score (nSPS) is 34.8. The lowest BCUT2D eigenvalue weighted by Crippen LogP contribution is -2.37. The lowest BCUT2D eigenvalue weighted by molar-refractivity contribution is -0.216. The van der Waals surface area contributed by atoms with Gasteiger partial charge in [0.15, 0.2) is 18.1 Å². The third-order valence-corrected chi connectivity index (χ3v) is 4.63. The third-order valence-electron chi connectivity index (χ3n) is 4.63. The van der Waals surface area contributed by atoms with E-state index in [1.807, 2.05) is 0 Å². The minimum absolute atomic E-state index is 0.536. The summed E-state index contributed by atoms with van der Waals surface area (Å²) in [5, 5.41) is 9.36. The van der Waals surface area contributed by atoms with Crippen molar-refractivity contribution in [3.05, 3.63) is 33.1 Å². The number of carboxylic acids is 1. The zero-order valence-electron chi connectivity index (χ0n) is 12.1. The molecule has 1 aromatic heterocycles. The van der Waals surface area contributed by atoms with Crippen molar-refractivity contribution in [3.8, 4) is 0 Å². The largest absolute Gasteiger partial charge is 0.479 e. The van der Waals surface area contributed by atoms with Gasteiger partial charge >= 0.3 is 11.7 Å². The Morgan fingerprint density at radius 3 is 2.61 bits per heavy atom. The minimum Gasteiger partial charge on any atom is -0.479 e. The molecule has 3 fully saturated rings. The van der Waals surface area contributed by atoms with Crippen LogP contribution in [0.15, 0.2) is 21.9 Å². The Balaban J connectivity index is 1.72. The number of carbonyl (C=O) groups is 1. The van der Waals surface area contributed by atoms with Crippen LogP contribution in [0.25, 0.3) is 0 Å². The maximum absolute atomic E-state index is 12.0. The average Bonchev–Trinajstić information content (AvgIpc) is 3.16. The standard InChI is InChI=1S/C14H16N2O7/c17-7-3-6-16(13(20)15-7)11-9-8(10(21-11)12(18)19)22-14(23-9)4-1-2-5-14/h3,6,8-11H,1-2,4-5H2,(H,18,19)(H,15,17,20)/t8-,9+,10-,11+/m0/s1. The Morgan fingerprint density at radius 1 is 1.26 bits per heavy atom. The van der Waals surface area contributed by atoms with Crippen LogP contribution in [0, 0.1) is 0 Å². The molecule has 2 saturated heterocycles. The van der Waals surface area contributed by atoms with Crippen molar-refractivity contribution in [3.63, 3.8) is 0 Å². The van der Waals surface area contributed by atoms with E-state index in [1.54, 1.807) is 0 Å². The quantitative estimate of drug-likeness (QED) is 0.757. The second kappa shape index (κ2) is 5.02. The number of ether oxygens (including phenoxy) is 3. The van der Waals surface area contributed by atoms with E-state index in [0.717, 1.165) is 17.4 Å². The Bertz CT molecular complexity index is 748. The van der Waals surface area contributed by atoms with Crippen LogP contribution in [0.2, 0.25) is 0 Å². The number of aliphatic carboxylic acids is 1. The molecule has 0 aromatic carbocycles. The third kappa shape index (κ3) is 2.23. The van der Waals surface area contributed by atoms with Gasteiger partial charge in [-0.2, -0.15) is 0 Å². The zero-order valence-corrected chi connectivity index (χ0v) is 12.1. The predicted molar refractivity (Wildman–Crippen MR) is 73.8 cm³/mol. The number of H-pyrrole nitrogens is 1. The number of rotatable bonds is 2. The van der Waals surface area contributed by atoms with Gasteiger partial charge in [0.25, 0.3) is 5.56 Å². The van der Waals surface area contributed by atoms with E-state index in [2.05, 4.69) is 4.98 Å². The smallest absolute Gasteiger partial charge is 0.335 e. The van der Waals surface area contributed by atoms with Crippen molar-refractivity contribution in [1.29, 1.82) is 0 Å². The molecule has 1 aliphatic carbocycles. The van der Waals surface area contributed by atoms with Crippen LogP contribution in [0.5, 0.6) is 0 Å². The average molecular weight is 324 g/mol. The lowest BCUT2D eigenvalue weighted by Gasteiger charge is -2.26. The summed E-state index contributed by atoms with van der Waals surface area (Å²) >= 11 is 0. The Morgan fingerprint density at radius 2 is 1.96 bits per heavy atom. The van der Waals surface area contributed by atoms with E-state index >= 15 is 0 Å². The second-order valence-electron chi connectivity index (χ2n) is 6.09. The van der Waals surface area contributed by atoms with Crippen LogP contribution in [0.3, 0.4) is 0 Å². The predicted octanol–water partition coefficient (Wildman–Crippen LogP) is -0.427. The summed E-state index contributed by atoms with van der Waals surface area (Å²) in [6.07, 6.45) is 0.888. The number of hydrogen-bond donors (Lipinski definition) is 2. The van der Waals surface area contributed by atoms with Gasteiger partial charge in [0, 0.05) is 25.1 Å². The van der Waals surface area contributed by atoms with Crippen LogP contribution in [-0.4, -0.2) is 44.7 Å². The summed E-state index contributed by atoms with van der Waals surface area (Å²) < 4.78 is 18.5. The molecule has 0 amide bonds. The van der Waals surface area contributed by atoms with Crippen LogP contribution in [0.4, 0.5) is 0 Å². The van der Waals surface area contributed by atoms with E-state index in [-0.39, 0.29) is 0 Å². The molecule has 0 unspecified atom stereocenters. The van der Waals surface area contributed by atoms with Crippen molar-refractivity contribution in [1.82, 2.24) is 9.55 Å². The fourth-order valence-corrected chi connectivity index (χ4v) is 3.62. The summed E-state index contributed by atoms with van der Waals surface area (Å²) in [4.78, 5) is 36.8. The molecule has 1 spiro atoms. The first-order valence-electron chi connectivity index (χ1n) is 7.54. The molecular weight excluding hydrogens is 308 g/mol. The number of nitrogens with one attached hydrogen (secondary N) is 1. The highest BCUT2D eigenvalue weighted by molar-refractivity contribution is 5.73. The first-order chi connectivity index (χ1) is 11.0. The Hall–Kier alpha value is -1.97. The number of aromatic amines is 1. The van der Waals surface area contributed by atoms with Crippen molar-refractivity contribution < 1.29 is 24.1 Å². The van der Waals surface area contributed by atoms with Crippen molar-refractivity contribution in [2.24, 2.45) is 0 Å². The summed E-state index contributed by atoms with van der Waals surface area (Å²) in [5.74, 6) is -1.95. The van der Waals surface area contributed by atoms with Gasteiger partial charge in [0.2, 0.25) is 0 Å². The number of fused-ring (bicyclic) bond motifs is 1. The molecule has 4 rings (SSSR count). The molecule has 4 atom stereocenters. The fourth-order valence-electron chi connectivity index (χ4n) is 3.62. The van der Waals surface area contributed by atoms with E-state index < -0.39 is 47.5 Å². The second-order valence-corrected chi connectivity index (χ2v) is 6.09. The first kappa shape index (κ1) is 14.6.